The van der Waals surface area contributed by atoms with Crippen molar-refractivity contribution in [1.82, 2.24) is 9.97 Å². The molecular weight excluding hydrogens is 224 g/mol. The Hall–Kier alpha value is -2.42. The van der Waals surface area contributed by atoms with Crippen LogP contribution >= 0.6 is 0 Å². The summed E-state index contributed by atoms with van der Waals surface area (Å²) in [5.74, 6) is 0.795. The first-order chi connectivity index (χ1) is 8.90. The SMILES string of the molecule is COc1cccc2c(-c3ccncc3)ccnc12. The average Bonchev–Trinajstić information content (AvgIpc) is 2.47. The van der Waals surface area contributed by atoms with E-state index in [-0.39, 0.29) is 0 Å². The maximum atomic E-state index is 5.34. The third kappa shape index (κ3) is 1.70. The monoisotopic (exact) mass is 236 g/mol. The van der Waals surface area contributed by atoms with Gasteiger partial charge in [0.1, 0.15) is 11.3 Å². The Bertz CT molecular complexity index is 680. The smallest absolute Gasteiger partial charge is 0.145 e. The molecule has 0 unspecified atom stereocenters. The zero-order valence-electron chi connectivity index (χ0n) is 10.00. The van der Waals surface area contributed by atoms with Crippen LogP contribution in [0.3, 0.4) is 0 Å². The van der Waals surface area contributed by atoms with Gasteiger partial charge in [0.15, 0.2) is 0 Å². The van der Waals surface area contributed by atoms with Gasteiger partial charge in [-0.25, -0.2) is 0 Å². The van der Waals surface area contributed by atoms with Gasteiger partial charge in [0, 0.05) is 24.0 Å². The van der Waals surface area contributed by atoms with Gasteiger partial charge in [-0.1, -0.05) is 12.1 Å². The number of methoxy groups -OCH3 is 1. The molecule has 1 aromatic carbocycles. The maximum absolute atomic E-state index is 5.34. The Labute approximate surface area is 105 Å². The largest absolute Gasteiger partial charge is 0.494 e. The molecule has 2 heterocycles. The number of fused-ring (bicyclic) bond motifs is 1. The molecule has 0 aliphatic heterocycles. The van der Waals surface area contributed by atoms with Crippen molar-refractivity contribution in [3.63, 3.8) is 0 Å². The van der Waals surface area contributed by atoms with Crippen LogP contribution in [0, 0.1) is 0 Å². The highest BCUT2D eigenvalue weighted by atomic mass is 16.5. The molecule has 0 saturated heterocycles. The minimum atomic E-state index is 0.795. The van der Waals surface area contributed by atoms with Crippen LogP contribution in [0.15, 0.2) is 55.0 Å². The second kappa shape index (κ2) is 4.45. The lowest BCUT2D eigenvalue weighted by Gasteiger charge is -2.08. The molecule has 0 spiro atoms. The normalized spacial score (nSPS) is 10.5. The molecule has 3 heteroatoms. The standard InChI is InChI=1S/C15H12N2O/c1-18-14-4-2-3-13-12(7-10-17-15(13)14)11-5-8-16-9-6-11/h2-10H,1H3. The molecule has 3 aromatic rings. The van der Waals surface area contributed by atoms with E-state index in [0.717, 1.165) is 27.8 Å². The number of benzene rings is 1. The van der Waals surface area contributed by atoms with E-state index in [1.54, 1.807) is 25.7 Å². The molecule has 0 amide bonds. The zero-order valence-corrected chi connectivity index (χ0v) is 10.00. The summed E-state index contributed by atoms with van der Waals surface area (Å²) in [5.41, 5.74) is 3.15. The number of nitrogens with zero attached hydrogens (tertiary/aromatic N) is 2. The number of rotatable bonds is 2. The van der Waals surface area contributed by atoms with Crippen molar-refractivity contribution in [3.8, 4) is 16.9 Å². The van der Waals surface area contributed by atoms with E-state index in [4.69, 9.17) is 4.74 Å². The number of hydrogen-bond acceptors (Lipinski definition) is 3. The van der Waals surface area contributed by atoms with Gasteiger partial charge in [-0.15, -0.1) is 0 Å². The lowest BCUT2D eigenvalue weighted by Crippen LogP contribution is -1.89. The van der Waals surface area contributed by atoms with Crippen LogP contribution in [0.2, 0.25) is 0 Å². The molecule has 0 atom stereocenters. The van der Waals surface area contributed by atoms with Crippen molar-refractivity contribution in [2.45, 2.75) is 0 Å². The van der Waals surface area contributed by atoms with Crippen molar-refractivity contribution >= 4 is 10.9 Å². The Balaban J connectivity index is 2.32. The highest BCUT2D eigenvalue weighted by Crippen LogP contribution is 2.31. The summed E-state index contributed by atoms with van der Waals surface area (Å²) in [6.45, 7) is 0. The second-order valence-corrected chi connectivity index (χ2v) is 3.95. The summed E-state index contributed by atoms with van der Waals surface area (Å²) in [5, 5.41) is 1.09. The van der Waals surface area contributed by atoms with E-state index in [2.05, 4.69) is 16.0 Å². The van der Waals surface area contributed by atoms with Crippen molar-refractivity contribution in [3.05, 3.63) is 55.0 Å². The predicted octanol–water partition coefficient (Wildman–Crippen LogP) is 3.31. The van der Waals surface area contributed by atoms with Crippen LogP contribution in [0.1, 0.15) is 0 Å². The van der Waals surface area contributed by atoms with E-state index in [1.807, 2.05) is 30.3 Å². The Morgan fingerprint density at radius 2 is 1.78 bits per heavy atom. The Morgan fingerprint density at radius 3 is 2.56 bits per heavy atom. The fraction of sp³-hybridized carbons (Fsp3) is 0.0667. The van der Waals surface area contributed by atoms with Gasteiger partial charge in [-0.3, -0.25) is 9.97 Å². The summed E-state index contributed by atoms with van der Waals surface area (Å²) < 4.78 is 5.34. The number of para-hydroxylation sites is 1. The third-order valence-electron chi connectivity index (χ3n) is 2.95. The highest BCUT2D eigenvalue weighted by Gasteiger charge is 2.07. The minimum absolute atomic E-state index is 0.795. The van der Waals surface area contributed by atoms with Gasteiger partial charge >= 0.3 is 0 Å². The summed E-state index contributed by atoms with van der Waals surface area (Å²) in [6.07, 6.45) is 5.39. The third-order valence-corrected chi connectivity index (χ3v) is 2.95. The van der Waals surface area contributed by atoms with Gasteiger partial charge in [-0.2, -0.15) is 0 Å². The first-order valence-corrected chi connectivity index (χ1v) is 5.72. The van der Waals surface area contributed by atoms with E-state index < -0.39 is 0 Å². The van der Waals surface area contributed by atoms with Gasteiger partial charge < -0.3 is 4.74 Å². The van der Waals surface area contributed by atoms with Gasteiger partial charge in [0.25, 0.3) is 0 Å². The molecule has 3 rings (SSSR count). The number of aromatic nitrogens is 2. The predicted molar refractivity (Wildman–Crippen MR) is 71.5 cm³/mol. The lowest BCUT2D eigenvalue weighted by molar-refractivity contribution is 0.419. The van der Waals surface area contributed by atoms with E-state index in [9.17, 15) is 0 Å². The Kier molecular flexibility index (Phi) is 2.65. The van der Waals surface area contributed by atoms with Crippen molar-refractivity contribution in [2.24, 2.45) is 0 Å². The summed E-state index contributed by atoms with van der Waals surface area (Å²) in [7, 11) is 1.66. The fourth-order valence-corrected chi connectivity index (χ4v) is 2.10. The van der Waals surface area contributed by atoms with Gasteiger partial charge in [0.05, 0.1) is 7.11 Å². The number of hydrogen-bond donors (Lipinski definition) is 0. The average molecular weight is 236 g/mol. The quantitative estimate of drug-likeness (QED) is 0.684. The summed E-state index contributed by atoms with van der Waals surface area (Å²) in [4.78, 5) is 8.44. The molecule has 18 heavy (non-hydrogen) atoms. The second-order valence-electron chi connectivity index (χ2n) is 3.95. The maximum Gasteiger partial charge on any atom is 0.145 e. The molecule has 0 saturated carbocycles. The molecule has 88 valence electrons. The molecule has 0 bridgehead atoms. The number of ether oxygens (including phenoxy) is 1. The summed E-state index contributed by atoms with van der Waals surface area (Å²) >= 11 is 0. The topological polar surface area (TPSA) is 35.0 Å². The molecule has 2 aromatic heterocycles. The molecule has 0 aliphatic rings. The van der Waals surface area contributed by atoms with Crippen LogP contribution < -0.4 is 4.74 Å². The van der Waals surface area contributed by atoms with E-state index in [1.165, 1.54) is 0 Å². The fourth-order valence-electron chi connectivity index (χ4n) is 2.10. The molecular formula is C15H12N2O. The molecule has 0 N–H and O–H groups in total. The molecule has 0 fully saturated rings. The first-order valence-electron chi connectivity index (χ1n) is 5.72. The van der Waals surface area contributed by atoms with Crippen LogP contribution in [-0.2, 0) is 0 Å². The first kappa shape index (κ1) is 10.7. The van der Waals surface area contributed by atoms with Crippen molar-refractivity contribution in [1.29, 1.82) is 0 Å². The molecule has 0 aliphatic carbocycles. The Morgan fingerprint density at radius 1 is 0.944 bits per heavy atom. The van der Waals surface area contributed by atoms with Crippen LogP contribution in [0.25, 0.3) is 22.0 Å². The van der Waals surface area contributed by atoms with Gasteiger partial charge in [0.2, 0.25) is 0 Å². The lowest BCUT2D eigenvalue weighted by atomic mass is 10.0. The van der Waals surface area contributed by atoms with Gasteiger partial charge in [-0.05, 0) is 35.4 Å². The summed E-state index contributed by atoms with van der Waals surface area (Å²) in [6, 6.07) is 12.0. The molecule has 0 radical (unpaired) electrons. The van der Waals surface area contributed by atoms with Crippen LogP contribution in [0.4, 0.5) is 0 Å². The molecule has 3 nitrogen and oxygen atoms in total. The van der Waals surface area contributed by atoms with Crippen LogP contribution in [0.5, 0.6) is 5.75 Å². The highest BCUT2D eigenvalue weighted by molar-refractivity contribution is 5.97. The zero-order chi connectivity index (χ0) is 12.4. The van der Waals surface area contributed by atoms with Crippen molar-refractivity contribution in [2.75, 3.05) is 7.11 Å². The van der Waals surface area contributed by atoms with Crippen molar-refractivity contribution < 1.29 is 4.74 Å². The minimum Gasteiger partial charge on any atom is -0.494 e. The van der Waals surface area contributed by atoms with Crippen LogP contribution in [-0.4, -0.2) is 17.1 Å². The van der Waals surface area contributed by atoms with E-state index >= 15 is 0 Å². The number of pyridine rings is 2. The van der Waals surface area contributed by atoms with E-state index in [0.29, 0.717) is 0 Å².